The van der Waals surface area contributed by atoms with Crippen molar-refractivity contribution in [3.8, 4) is 5.75 Å². The van der Waals surface area contributed by atoms with Gasteiger partial charge in [-0.25, -0.2) is 14.4 Å². The lowest BCUT2D eigenvalue weighted by molar-refractivity contribution is 0.157. The van der Waals surface area contributed by atoms with E-state index in [1.54, 1.807) is 6.07 Å². The highest BCUT2D eigenvalue weighted by Gasteiger charge is 2.26. The molecule has 0 unspecified atom stereocenters. The molecule has 1 atom stereocenters. The van der Waals surface area contributed by atoms with Crippen LogP contribution in [-0.2, 0) is 6.54 Å². The third-order valence-electron chi connectivity index (χ3n) is 6.32. The van der Waals surface area contributed by atoms with Gasteiger partial charge in [0.15, 0.2) is 0 Å². The zero-order chi connectivity index (χ0) is 20.5. The molecule has 2 aliphatic rings. The first-order valence-electron chi connectivity index (χ1n) is 10.8. The fourth-order valence-electron chi connectivity index (χ4n) is 4.68. The first kappa shape index (κ1) is 19.2. The number of rotatable bonds is 2. The molecule has 0 amide bonds. The Balaban J connectivity index is 1.32. The summed E-state index contributed by atoms with van der Waals surface area (Å²) in [5.74, 6) is 1.53. The number of hydrogen-bond acceptors (Lipinski definition) is 5. The van der Waals surface area contributed by atoms with Crippen molar-refractivity contribution in [1.29, 1.82) is 0 Å². The predicted molar refractivity (Wildman–Crippen MR) is 116 cm³/mol. The van der Waals surface area contributed by atoms with E-state index in [0.29, 0.717) is 6.04 Å². The first-order valence-corrected chi connectivity index (χ1v) is 10.8. The molecule has 30 heavy (non-hydrogen) atoms. The van der Waals surface area contributed by atoms with Gasteiger partial charge in [-0.3, -0.25) is 4.90 Å². The summed E-state index contributed by atoms with van der Waals surface area (Å²) < 4.78 is 19.5. The van der Waals surface area contributed by atoms with Gasteiger partial charge in [-0.1, -0.05) is 18.2 Å². The molecule has 0 aliphatic carbocycles. The number of aryl methyl sites for hydroxylation is 1. The van der Waals surface area contributed by atoms with Crippen LogP contribution in [0.1, 0.15) is 30.5 Å². The Morgan fingerprint density at radius 1 is 1.03 bits per heavy atom. The van der Waals surface area contributed by atoms with E-state index >= 15 is 0 Å². The van der Waals surface area contributed by atoms with Gasteiger partial charge in [-0.2, -0.15) is 0 Å². The Morgan fingerprint density at radius 3 is 2.87 bits per heavy atom. The van der Waals surface area contributed by atoms with Crippen molar-refractivity contribution < 1.29 is 9.13 Å². The lowest BCUT2D eigenvalue weighted by atomic mass is 10.1. The number of fused-ring (bicyclic) bond motifs is 2. The van der Waals surface area contributed by atoms with Crippen LogP contribution in [0.4, 0.5) is 10.3 Å². The summed E-state index contributed by atoms with van der Waals surface area (Å²) in [6.45, 7) is 6.44. The summed E-state index contributed by atoms with van der Waals surface area (Å²) >= 11 is 0. The SMILES string of the molecule is Cc1nc(N2CCC[C@@H](N3CCOc4ccccc4C3)CC2)nc2ccc(F)cc12. The fourth-order valence-corrected chi connectivity index (χ4v) is 4.68. The van der Waals surface area contributed by atoms with Crippen LogP contribution < -0.4 is 9.64 Å². The average Bonchev–Trinajstić information content (AvgIpc) is 3.12. The largest absolute Gasteiger partial charge is 0.492 e. The van der Waals surface area contributed by atoms with Gasteiger partial charge in [0, 0.05) is 43.2 Å². The van der Waals surface area contributed by atoms with E-state index in [1.165, 1.54) is 17.7 Å². The van der Waals surface area contributed by atoms with Crippen LogP contribution in [0.25, 0.3) is 10.9 Å². The van der Waals surface area contributed by atoms with Crippen molar-refractivity contribution in [2.45, 2.75) is 38.8 Å². The van der Waals surface area contributed by atoms with Crippen LogP contribution in [0.3, 0.4) is 0 Å². The highest BCUT2D eigenvalue weighted by molar-refractivity contribution is 5.81. The van der Waals surface area contributed by atoms with Crippen LogP contribution in [0.5, 0.6) is 5.75 Å². The van der Waals surface area contributed by atoms with Gasteiger partial charge in [-0.05, 0) is 50.5 Å². The van der Waals surface area contributed by atoms with Crippen molar-refractivity contribution in [3.05, 3.63) is 59.5 Å². The van der Waals surface area contributed by atoms with Crippen molar-refractivity contribution in [2.75, 3.05) is 31.1 Å². The summed E-state index contributed by atoms with van der Waals surface area (Å²) in [4.78, 5) is 14.3. The zero-order valence-corrected chi connectivity index (χ0v) is 17.4. The maximum Gasteiger partial charge on any atom is 0.226 e. The summed E-state index contributed by atoms with van der Waals surface area (Å²) in [6, 6.07) is 13.6. The van der Waals surface area contributed by atoms with Crippen LogP contribution in [0.15, 0.2) is 42.5 Å². The molecule has 1 aromatic heterocycles. The summed E-state index contributed by atoms with van der Waals surface area (Å²) in [5, 5.41) is 0.787. The molecule has 3 aromatic rings. The number of benzene rings is 2. The van der Waals surface area contributed by atoms with E-state index in [1.807, 2.05) is 13.0 Å². The second-order valence-corrected chi connectivity index (χ2v) is 8.27. The predicted octanol–water partition coefficient (Wildman–Crippen LogP) is 4.33. The molecule has 1 saturated heterocycles. The van der Waals surface area contributed by atoms with E-state index in [-0.39, 0.29) is 5.82 Å². The van der Waals surface area contributed by atoms with Gasteiger partial charge in [-0.15, -0.1) is 0 Å². The van der Waals surface area contributed by atoms with Crippen molar-refractivity contribution in [1.82, 2.24) is 14.9 Å². The van der Waals surface area contributed by atoms with E-state index in [9.17, 15) is 4.39 Å². The van der Waals surface area contributed by atoms with E-state index in [4.69, 9.17) is 14.7 Å². The molecular formula is C24H27FN4O. The monoisotopic (exact) mass is 406 g/mol. The Morgan fingerprint density at radius 2 is 1.93 bits per heavy atom. The van der Waals surface area contributed by atoms with E-state index in [2.05, 4.69) is 28.0 Å². The lowest BCUT2D eigenvalue weighted by Crippen LogP contribution is -2.37. The third-order valence-corrected chi connectivity index (χ3v) is 6.32. The molecule has 2 aromatic carbocycles. The minimum absolute atomic E-state index is 0.248. The number of nitrogens with zero attached hydrogens (tertiary/aromatic N) is 4. The molecule has 2 aliphatic heterocycles. The Labute approximate surface area is 176 Å². The molecule has 0 N–H and O–H groups in total. The lowest BCUT2D eigenvalue weighted by Gasteiger charge is -2.29. The number of hydrogen-bond donors (Lipinski definition) is 0. The van der Waals surface area contributed by atoms with Crippen LogP contribution in [0.2, 0.25) is 0 Å². The zero-order valence-electron chi connectivity index (χ0n) is 17.4. The summed E-state index contributed by atoms with van der Waals surface area (Å²) in [7, 11) is 0. The number of para-hydroxylation sites is 1. The Hall–Kier alpha value is -2.73. The van der Waals surface area contributed by atoms with Crippen molar-refractivity contribution >= 4 is 16.9 Å². The number of anilines is 1. The molecule has 156 valence electrons. The minimum atomic E-state index is -0.248. The molecule has 0 radical (unpaired) electrons. The van der Waals surface area contributed by atoms with Gasteiger partial charge in [0.1, 0.15) is 18.2 Å². The average molecular weight is 407 g/mol. The number of aromatic nitrogens is 2. The molecule has 0 bridgehead atoms. The van der Waals surface area contributed by atoms with Crippen LogP contribution in [0, 0.1) is 12.7 Å². The van der Waals surface area contributed by atoms with Crippen molar-refractivity contribution in [2.24, 2.45) is 0 Å². The van der Waals surface area contributed by atoms with Gasteiger partial charge < -0.3 is 9.64 Å². The van der Waals surface area contributed by atoms with E-state index in [0.717, 1.165) is 80.3 Å². The highest BCUT2D eigenvalue weighted by Crippen LogP contribution is 2.28. The van der Waals surface area contributed by atoms with Crippen molar-refractivity contribution in [3.63, 3.8) is 0 Å². The second-order valence-electron chi connectivity index (χ2n) is 8.27. The normalized spacial score (nSPS) is 20.3. The topological polar surface area (TPSA) is 41.5 Å². The van der Waals surface area contributed by atoms with Gasteiger partial charge >= 0.3 is 0 Å². The Bertz CT molecular complexity index is 1060. The Kier molecular flexibility index (Phi) is 5.25. The van der Waals surface area contributed by atoms with Gasteiger partial charge in [0.25, 0.3) is 0 Å². The molecule has 5 nitrogen and oxygen atoms in total. The van der Waals surface area contributed by atoms with Gasteiger partial charge in [0.2, 0.25) is 5.95 Å². The smallest absolute Gasteiger partial charge is 0.226 e. The molecule has 0 spiro atoms. The second kappa shape index (κ2) is 8.19. The first-order chi connectivity index (χ1) is 14.7. The molecule has 0 saturated carbocycles. The number of halogens is 1. The van der Waals surface area contributed by atoms with Crippen LogP contribution >= 0.6 is 0 Å². The summed E-state index contributed by atoms with van der Waals surface area (Å²) in [6.07, 6.45) is 3.34. The quantitative estimate of drug-likeness (QED) is 0.634. The molecular weight excluding hydrogens is 379 g/mol. The molecule has 3 heterocycles. The molecule has 5 rings (SSSR count). The standard InChI is InChI=1S/C24H27FN4O/c1-17-21-15-19(25)8-9-22(21)27-24(26-17)28-11-4-6-20(10-12-28)29-13-14-30-23-7-3-2-5-18(23)16-29/h2-3,5,7-9,15,20H,4,6,10-14,16H2,1H3/t20-/m1/s1. The molecule has 6 heteroatoms. The summed E-state index contributed by atoms with van der Waals surface area (Å²) in [5.41, 5.74) is 2.91. The minimum Gasteiger partial charge on any atom is -0.492 e. The number of ether oxygens (including phenoxy) is 1. The van der Waals surface area contributed by atoms with Gasteiger partial charge in [0.05, 0.1) is 11.2 Å². The highest BCUT2D eigenvalue weighted by atomic mass is 19.1. The van der Waals surface area contributed by atoms with Crippen LogP contribution in [-0.4, -0.2) is 47.2 Å². The maximum atomic E-state index is 13.6. The fraction of sp³-hybridized carbons (Fsp3) is 0.417. The maximum absolute atomic E-state index is 13.6. The van der Waals surface area contributed by atoms with E-state index < -0.39 is 0 Å². The molecule has 1 fully saturated rings. The third kappa shape index (κ3) is 3.84.